The molecule has 0 spiro atoms. The number of nitrogens with one attached hydrogen (secondary N) is 1. The molecule has 1 saturated carbocycles. The van der Waals surface area contributed by atoms with Crippen LogP contribution in [0.4, 0.5) is 0 Å². The first-order valence-corrected chi connectivity index (χ1v) is 6.68. The Labute approximate surface area is 97.9 Å². The average molecular weight is 225 g/mol. The van der Waals surface area contributed by atoms with Gasteiger partial charge in [-0.1, -0.05) is 19.8 Å². The van der Waals surface area contributed by atoms with E-state index in [1.54, 1.807) is 0 Å². The van der Waals surface area contributed by atoms with Crippen molar-refractivity contribution in [1.29, 1.82) is 0 Å². The van der Waals surface area contributed by atoms with Crippen LogP contribution in [0.3, 0.4) is 0 Å². The van der Waals surface area contributed by atoms with Crippen molar-refractivity contribution >= 4 is 5.97 Å². The van der Waals surface area contributed by atoms with Crippen molar-refractivity contribution in [1.82, 2.24) is 5.32 Å². The molecule has 0 aromatic carbocycles. The highest BCUT2D eigenvalue weighted by molar-refractivity contribution is 5.70. The minimum absolute atomic E-state index is 0.0215. The fraction of sp³-hybridized carbons (Fsp3) is 0.923. The fourth-order valence-corrected chi connectivity index (χ4v) is 2.68. The maximum absolute atomic E-state index is 11.7. The summed E-state index contributed by atoms with van der Waals surface area (Å²) in [6.07, 6.45) is 6.75. The summed E-state index contributed by atoms with van der Waals surface area (Å²) < 4.78 is 5.56. The highest BCUT2D eigenvalue weighted by Gasteiger charge is 2.26. The van der Waals surface area contributed by atoms with Gasteiger partial charge >= 0.3 is 5.97 Å². The molecule has 92 valence electrons. The Hall–Kier alpha value is -0.570. The Balaban J connectivity index is 1.68. The molecule has 1 aliphatic carbocycles. The van der Waals surface area contributed by atoms with E-state index >= 15 is 0 Å². The number of hydrogen-bond acceptors (Lipinski definition) is 3. The van der Waals surface area contributed by atoms with E-state index < -0.39 is 0 Å². The molecule has 2 unspecified atom stereocenters. The zero-order valence-electron chi connectivity index (χ0n) is 10.2. The standard InChI is InChI=1S/C13H23NO2/c1-2-10-4-3-5-12(6-10)16-13(15)7-11-8-14-9-11/h10-12,14H,2-9H2,1H3. The lowest BCUT2D eigenvalue weighted by Crippen LogP contribution is -2.43. The van der Waals surface area contributed by atoms with Gasteiger partial charge in [0.15, 0.2) is 0 Å². The Bertz CT molecular complexity index is 238. The van der Waals surface area contributed by atoms with Crippen LogP contribution in [-0.4, -0.2) is 25.2 Å². The molecule has 3 nitrogen and oxygen atoms in total. The van der Waals surface area contributed by atoms with E-state index in [1.807, 2.05) is 0 Å². The Morgan fingerprint density at radius 1 is 1.31 bits per heavy atom. The second kappa shape index (κ2) is 5.67. The van der Waals surface area contributed by atoms with Crippen LogP contribution in [0.5, 0.6) is 0 Å². The normalized spacial score (nSPS) is 30.8. The van der Waals surface area contributed by atoms with Crippen molar-refractivity contribution in [3.8, 4) is 0 Å². The smallest absolute Gasteiger partial charge is 0.306 e. The lowest BCUT2D eigenvalue weighted by molar-refractivity contribution is -0.152. The molecule has 2 atom stereocenters. The molecule has 0 aromatic heterocycles. The van der Waals surface area contributed by atoms with Crippen LogP contribution in [0.1, 0.15) is 45.4 Å². The number of carbonyl (C=O) groups is 1. The molecule has 0 aromatic rings. The molecule has 0 bridgehead atoms. The molecule has 2 fully saturated rings. The summed E-state index contributed by atoms with van der Waals surface area (Å²) in [5, 5.41) is 3.18. The van der Waals surface area contributed by atoms with Crippen molar-refractivity contribution < 1.29 is 9.53 Å². The largest absolute Gasteiger partial charge is 0.462 e. The van der Waals surface area contributed by atoms with Crippen molar-refractivity contribution in [2.75, 3.05) is 13.1 Å². The lowest BCUT2D eigenvalue weighted by Gasteiger charge is -2.30. The van der Waals surface area contributed by atoms with Gasteiger partial charge in [-0.05, 0) is 44.2 Å². The van der Waals surface area contributed by atoms with E-state index in [9.17, 15) is 4.79 Å². The predicted octanol–water partition coefficient (Wildman–Crippen LogP) is 2.11. The van der Waals surface area contributed by atoms with Gasteiger partial charge in [0.25, 0.3) is 0 Å². The Morgan fingerprint density at radius 3 is 2.75 bits per heavy atom. The molecule has 3 heteroatoms. The maximum Gasteiger partial charge on any atom is 0.306 e. The quantitative estimate of drug-likeness (QED) is 0.745. The first kappa shape index (κ1) is 11.9. The topological polar surface area (TPSA) is 38.3 Å². The van der Waals surface area contributed by atoms with Crippen molar-refractivity contribution in [2.24, 2.45) is 11.8 Å². The van der Waals surface area contributed by atoms with Crippen molar-refractivity contribution in [3.05, 3.63) is 0 Å². The third-order valence-electron chi connectivity index (χ3n) is 3.93. The molecule has 0 amide bonds. The van der Waals surface area contributed by atoms with Gasteiger partial charge in [0.05, 0.1) is 6.42 Å². The third kappa shape index (κ3) is 3.21. The monoisotopic (exact) mass is 225 g/mol. The van der Waals surface area contributed by atoms with E-state index in [-0.39, 0.29) is 12.1 Å². The zero-order chi connectivity index (χ0) is 11.4. The van der Waals surface area contributed by atoms with Gasteiger partial charge in [0.2, 0.25) is 0 Å². The zero-order valence-corrected chi connectivity index (χ0v) is 10.2. The summed E-state index contributed by atoms with van der Waals surface area (Å²) >= 11 is 0. The third-order valence-corrected chi connectivity index (χ3v) is 3.93. The van der Waals surface area contributed by atoms with Crippen LogP contribution in [0.15, 0.2) is 0 Å². The van der Waals surface area contributed by atoms with Gasteiger partial charge in [-0.2, -0.15) is 0 Å². The van der Waals surface area contributed by atoms with Crippen LogP contribution < -0.4 is 5.32 Å². The van der Waals surface area contributed by atoms with Crippen molar-refractivity contribution in [2.45, 2.75) is 51.6 Å². The first-order chi connectivity index (χ1) is 7.78. The lowest BCUT2D eigenvalue weighted by atomic mass is 9.85. The summed E-state index contributed by atoms with van der Waals surface area (Å²) in [6, 6.07) is 0. The van der Waals surface area contributed by atoms with E-state index in [2.05, 4.69) is 12.2 Å². The number of rotatable bonds is 4. The van der Waals surface area contributed by atoms with Crippen LogP contribution in [0, 0.1) is 11.8 Å². The molecule has 0 radical (unpaired) electrons. The molecule has 1 saturated heterocycles. The second-order valence-electron chi connectivity index (χ2n) is 5.28. The van der Waals surface area contributed by atoms with Gasteiger partial charge in [-0.3, -0.25) is 4.79 Å². The van der Waals surface area contributed by atoms with Gasteiger partial charge in [0.1, 0.15) is 6.10 Å². The molecular weight excluding hydrogens is 202 g/mol. The van der Waals surface area contributed by atoms with Gasteiger partial charge < -0.3 is 10.1 Å². The molecule has 1 aliphatic heterocycles. The Morgan fingerprint density at radius 2 is 2.12 bits per heavy atom. The predicted molar refractivity (Wildman–Crippen MR) is 63.1 cm³/mol. The summed E-state index contributed by atoms with van der Waals surface area (Å²) in [7, 11) is 0. The number of ether oxygens (including phenoxy) is 1. The summed E-state index contributed by atoms with van der Waals surface area (Å²) in [4.78, 5) is 11.7. The first-order valence-electron chi connectivity index (χ1n) is 6.68. The van der Waals surface area contributed by atoms with Crippen LogP contribution in [-0.2, 0) is 9.53 Å². The molecular formula is C13H23NO2. The molecule has 1 N–H and O–H groups in total. The van der Waals surface area contributed by atoms with E-state index in [0.29, 0.717) is 12.3 Å². The summed E-state index contributed by atoms with van der Waals surface area (Å²) in [5.41, 5.74) is 0. The number of esters is 1. The molecule has 2 aliphatic rings. The number of carbonyl (C=O) groups excluding carboxylic acids is 1. The van der Waals surface area contributed by atoms with Crippen LogP contribution >= 0.6 is 0 Å². The SMILES string of the molecule is CCC1CCCC(OC(=O)CC2CNC2)C1. The maximum atomic E-state index is 11.7. The summed E-state index contributed by atoms with van der Waals surface area (Å²) in [5.74, 6) is 1.32. The van der Waals surface area contributed by atoms with E-state index in [0.717, 1.165) is 31.8 Å². The van der Waals surface area contributed by atoms with Gasteiger partial charge in [-0.15, -0.1) is 0 Å². The molecule has 1 heterocycles. The molecule has 2 rings (SSSR count). The van der Waals surface area contributed by atoms with Gasteiger partial charge in [0, 0.05) is 0 Å². The average Bonchev–Trinajstić information content (AvgIpc) is 2.24. The van der Waals surface area contributed by atoms with Gasteiger partial charge in [-0.25, -0.2) is 0 Å². The second-order valence-corrected chi connectivity index (χ2v) is 5.28. The minimum Gasteiger partial charge on any atom is -0.462 e. The van der Waals surface area contributed by atoms with Crippen LogP contribution in [0.25, 0.3) is 0 Å². The van der Waals surface area contributed by atoms with E-state index in [4.69, 9.17) is 4.74 Å². The summed E-state index contributed by atoms with van der Waals surface area (Å²) in [6.45, 7) is 4.20. The minimum atomic E-state index is 0.0215. The molecule has 16 heavy (non-hydrogen) atoms. The van der Waals surface area contributed by atoms with Crippen LogP contribution in [0.2, 0.25) is 0 Å². The fourth-order valence-electron chi connectivity index (χ4n) is 2.68. The van der Waals surface area contributed by atoms with Crippen molar-refractivity contribution in [3.63, 3.8) is 0 Å². The number of hydrogen-bond donors (Lipinski definition) is 1. The van der Waals surface area contributed by atoms with E-state index in [1.165, 1.54) is 19.3 Å². The highest BCUT2D eigenvalue weighted by Crippen LogP contribution is 2.28. The Kier molecular flexibility index (Phi) is 4.22. The highest BCUT2D eigenvalue weighted by atomic mass is 16.5.